The predicted octanol–water partition coefficient (Wildman–Crippen LogP) is 0.447. The van der Waals surface area contributed by atoms with E-state index in [0.29, 0.717) is 11.3 Å². The maximum Gasteiger partial charge on any atom is 0.229 e. The zero-order valence-electron chi connectivity index (χ0n) is 14.8. The van der Waals surface area contributed by atoms with Crippen LogP contribution in [0.15, 0.2) is 42.5 Å². The van der Waals surface area contributed by atoms with Crippen molar-refractivity contribution in [3.63, 3.8) is 0 Å². The first kappa shape index (κ1) is 20.1. The number of aliphatic hydroxyl groups is 4. The summed E-state index contributed by atoms with van der Waals surface area (Å²) in [5.41, 5.74) is 1.43. The van der Waals surface area contributed by atoms with Crippen LogP contribution < -0.4 is 4.74 Å². The molecular weight excluding hydrogens is 368 g/mol. The summed E-state index contributed by atoms with van der Waals surface area (Å²) in [6.45, 7) is -0.529. The van der Waals surface area contributed by atoms with E-state index < -0.39 is 37.3 Å². The Morgan fingerprint density at radius 2 is 1.43 bits per heavy atom. The number of hydrogen-bond acceptors (Lipinski definition) is 8. The molecule has 1 fully saturated rings. The van der Waals surface area contributed by atoms with Gasteiger partial charge in [-0.2, -0.15) is 0 Å². The lowest BCUT2D eigenvalue weighted by Crippen LogP contribution is -2.60. The van der Waals surface area contributed by atoms with Crippen LogP contribution in [0.1, 0.15) is 11.1 Å². The van der Waals surface area contributed by atoms with Crippen molar-refractivity contribution in [3.05, 3.63) is 53.6 Å². The van der Waals surface area contributed by atoms with Gasteiger partial charge in [-0.05, 0) is 35.4 Å². The van der Waals surface area contributed by atoms with Crippen LogP contribution >= 0.6 is 0 Å². The number of phenols is 2. The summed E-state index contributed by atoms with van der Waals surface area (Å²) in [7, 11) is 0. The highest BCUT2D eigenvalue weighted by Gasteiger charge is 2.44. The molecule has 2 aromatic rings. The van der Waals surface area contributed by atoms with Crippen LogP contribution in [0.3, 0.4) is 0 Å². The first-order valence-corrected chi connectivity index (χ1v) is 8.65. The Hall–Kier alpha value is -2.62. The monoisotopic (exact) mass is 390 g/mol. The molecule has 0 aromatic heterocycles. The number of aromatic hydroxyl groups is 2. The first-order chi connectivity index (χ1) is 13.4. The van der Waals surface area contributed by atoms with E-state index in [1.807, 2.05) is 0 Å². The van der Waals surface area contributed by atoms with Crippen molar-refractivity contribution >= 4 is 12.2 Å². The molecule has 0 aliphatic carbocycles. The summed E-state index contributed by atoms with van der Waals surface area (Å²) in [5, 5.41) is 57.7. The van der Waals surface area contributed by atoms with Gasteiger partial charge in [-0.15, -0.1) is 0 Å². The lowest BCUT2D eigenvalue weighted by molar-refractivity contribution is -0.277. The van der Waals surface area contributed by atoms with Crippen LogP contribution in [0.5, 0.6) is 17.2 Å². The molecule has 1 saturated heterocycles. The van der Waals surface area contributed by atoms with Gasteiger partial charge in [0.15, 0.2) is 0 Å². The van der Waals surface area contributed by atoms with Crippen molar-refractivity contribution in [3.8, 4) is 17.2 Å². The van der Waals surface area contributed by atoms with E-state index in [0.717, 1.165) is 5.56 Å². The molecule has 150 valence electrons. The molecule has 5 atom stereocenters. The zero-order valence-corrected chi connectivity index (χ0v) is 14.8. The van der Waals surface area contributed by atoms with Gasteiger partial charge < -0.3 is 40.1 Å². The molecule has 0 bridgehead atoms. The van der Waals surface area contributed by atoms with E-state index in [1.165, 1.54) is 18.2 Å². The van der Waals surface area contributed by atoms with E-state index in [2.05, 4.69) is 0 Å². The number of aliphatic hydroxyl groups excluding tert-OH is 4. The van der Waals surface area contributed by atoms with E-state index in [9.17, 15) is 30.6 Å². The number of rotatable bonds is 5. The fraction of sp³-hybridized carbons (Fsp3) is 0.300. The van der Waals surface area contributed by atoms with Crippen LogP contribution in [0.2, 0.25) is 0 Å². The van der Waals surface area contributed by atoms with Gasteiger partial charge in [0.25, 0.3) is 0 Å². The maximum atomic E-state index is 10.00. The third-order valence-corrected chi connectivity index (χ3v) is 4.37. The van der Waals surface area contributed by atoms with Crippen LogP contribution in [0.25, 0.3) is 12.2 Å². The zero-order chi connectivity index (χ0) is 20.3. The van der Waals surface area contributed by atoms with Gasteiger partial charge in [-0.3, -0.25) is 0 Å². The Kier molecular flexibility index (Phi) is 6.18. The number of benzene rings is 2. The Morgan fingerprint density at radius 1 is 0.821 bits per heavy atom. The lowest BCUT2D eigenvalue weighted by atomic mass is 9.99. The summed E-state index contributed by atoms with van der Waals surface area (Å²) in [4.78, 5) is 0. The summed E-state index contributed by atoms with van der Waals surface area (Å²) in [6, 6.07) is 11.0. The van der Waals surface area contributed by atoms with Gasteiger partial charge in [0.05, 0.1) is 6.61 Å². The molecule has 1 aliphatic rings. The largest absolute Gasteiger partial charge is 0.508 e. The molecule has 6 N–H and O–H groups in total. The fourth-order valence-electron chi connectivity index (χ4n) is 2.86. The van der Waals surface area contributed by atoms with Crippen LogP contribution in [0, 0.1) is 0 Å². The second-order valence-electron chi connectivity index (χ2n) is 6.50. The molecular formula is C20H22O8. The number of phenolic OH excluding ortho intramolecular Hbond substituents is 2. The minimum absolute atomic E-state index is 0.0390. The normalized spacial score (nSPS) is 27.8. The molecule has 2 aromatic carbocycles. The molecule has 28 heavy (non-hydrogen) atoms. The second-order valence-corrected chi connectivity index (χ2v) is 6.50. The predicted molar refractivity (Wildman–Crippen MR) is 99.5 cm³/mol. The molecule has 8 heteroatoms. The highest BCUT2D eigenvalue weighted by Crippen LogP contribution is 2.25. The molecule has 3 rings (SSSR count). The quantitative estimate of drug-likeness (QED) is 0.405. The fourth-order valence-corrected chi connectivity index (χ4v) is 2.86. The molecule has 0 spiro atoms. The van der Waals surface area contributed by atoms with E-state index in [-0.39, 0.29) is 11.5 Å². The third-order valence-electron chi connectivity index (χ3n) is 4.37. The average molecular weight is 390 g/mol. The Morgan fingerprint density at radius 3 is 2.04 bits per heavy atom. The minimum atomic E-state index is -1.50. The molecule has 8 nitrogen and oxygen atoms in total. The lowest BCUT2D eigenvalue weighted by Gasteiger charge is -2.39. The average Bonchev–Trinajstić information content (AvgIpc) is 2.67. The van der Waals surface area contributed by atoms with Crippen molar-refractivity contribution in [1.29, 1.82) is 0 Å². The SMILES string of the molecule is OC[C@H]1OC(Oc2ccc(/C=C/c3cc(O)cc(O)c3)cc2)[C@H](O)[C@@H](O)[C@@H]1O. The molecule has 0 amide bonds. The van der Waals surface area contributed by atoms with Crippen molar-refractivity contribution < 1.29 is 40.1 Å². The highest BCUT2D eigenvalue weighted by molar-refractivity contribution is 5.71. The van der Waals surface area contributed by atoms with Crippen molar-refractivity contribution in [2.45, 2.75) is 30.7 Å². The summed E-state index contributed by atoms with van der Waals surface area (Å²) in [5.74, 6) is 0.280. The van der Waals surface area contributed by atoms with Gasteiger partial charge in [0, 0.05) is 6.07 Å². The Labute approximate surface area is 161 Å². The van der Waals surface area contributed by atoms with Gasteiger partial charge in [0.1, 0.15) is 41.7 Å². The first-order valence-electron chi connectivity index (χ1n) is 8.65. The topological polar surface area (TPSA) is 140 Å². The van der Waals surface area contributed by atoms with E-state index in [4.69, 9.17) is 9.47 Å². The molecule has 0 saturated carbocycles. The standard InChI is InChI=1S/C20H22O8/c21-10-16-17(24)18(25)19(26)20(28-16)27-15-5-3-11(4-6-15)1-2-12-7-13(22)9-14(23)8-12/h1-9,16-26H,10H2/b2-1+/t16-,17-,18+,19-,20?/m1/s1. The van der Waals surface area contributed by atoms with E-state index in [1.54, 1.807) is 36.4 Å². The highest BCUT2D eigenvalue weighted by atomic mass is 16.7. The smallest absolute Gasteiger partial charge is 0.229 e. The van der Waals surface area contributed by atoms with Crippen LogP contribution in [-0.4, -0.2) is 68.0 Å². The molecule has 1 aliphatic heterocycles. The van der Waals surface area contributed by atoms with Crippen LogP contribution in [-0.2, 0) is 4.74 Å². The summed E-state index contributed by atoms with van der Waals surface area (Å²) in [6.07, 6.45) is -3.22. The molecule has 1 unspecified atom stereocenters. The van der Waals surface area contributed by atoms with Crippen molar-refractivity contribution in [2.24, 2.45) is 0 Å². The van der Waals surface area contributed by atoms with Crippen molar-refractivity contribution in [1.82, 2.24) is 0 Å². The number of ether oxygens (including phenoxy) is 2. The Bertz CT molecular complexity index is 797. The molecule has 1 heterocycles. The third kappa shape index (κ3) is 4.61. The van der Waals surface area contributed by atoms with Crippen molar-refractivity contribution in [2.75, 3.05) is 6.61 Å². The minimum Gasteiger partial charge on any atom is -0.508 e. The van der Waals surface area contributed by atoms with Crippen LogP contribution in [0.4, 0.5) is 0 Å². The van der Waals surface area contributed by atoms with Gasteiger partial charge >= 0.3 is 0 Å². The molecule has 0 radical (unpaired) electrons. The van der Waals surface area contributed by atoms with Gasteiger partial charge in [-0.1, -0.05) is 24.3 Å². The summed E-state index contributed by atoms with van der Waals surface area (Å²) < 4.78 is 10.8. The van der Waals surface area contributed by atoms with Gasteiger partial charge in [0.2, 0.25) is 6.29 Å². The maximum absolute atomic E-state index is 10.00. The van der Waals surface area contributed by atoms with E-state index >= 15 is 0 Å². The van der Waals surface area contributed by atoms with Gasteiger partial charge in [-0.25, -0.2) is 0 Å². The Balaban J connectivity index is 1.66. The number of hydrogen-bond donors (Lipinski definition) is 6. The summed E-state index contributed by atoms with van der Waals surface area (Å²) >= 11 is 0. The second kappa shape index (κ2) is 8.59.